The maximum atomic E-state index is 12.3. The lowest BCUT2D eigenvalue weighted by Gasteiger charge is -2.08. The van der Waals surface area contributed by atoms with Crippen molar-refractivity contribution in [3.63, 3.8) is 0 Å². The van der Waals surface area contributed by atoms with E-state index in [0.717, 1.165) is 0 Å². The molecule has 1 amide bonds. The third-order valence-corrected chi connectivity index (χ3v) is 3.02. The summed E-state index contributed by atoms with van der Waals surface area (Å²) < 4.78 is 0. The Morgan fingerprint density at radius 1 is 1.00 bits per heavy atom. The van der Waals surface area contributed by atoms with Crippen molar-refractivity contribution in [2.75, 3.05) is 19.4 Å². The Hall–Kier alpha value is -3.42. The van der Waals surface area contributed by atoms with Gasteiger partial charge in [0, 0.05) is 25.3 Å². The third kappa shape index (κ3) is 4.07. The Balaban J connectivity index is 2.27. The van der Waals surface area contributed by atoms with Gasteiger partial charge in [-0.3, -0.25) is 4.79 Å². The van der Waals surface area contributed by atoms with Crippen molar-refractivity contribution in [3.05, 3.63) is 53.6 Å². The van der Waals surface area contributed by atoms with Crippen LogP contribution in [-0.4, -0.2) is 31.1 Å². The summed E-state index contributed by atoms with van der Waals surface area (Å²) in [5, 5.41) is 26.7. The SMILES string of the molecule is CN=Nc1cccc(C(=O)Nc2ccc(N=NC)c(C(=O)O)c2)c1. The van der Waals surface area contributed by atoms with E-state index in [-0.39, 0.29) is 17.2 Å². The van der Waals surface area contributed by atoms with E-state index in [1.807, 2.05) is 0 Å². The van der Waals surface area contributed by atoms with Crippen LogP contribution in [0.3, 0.4) is 0 Å². The molecular formula is C16H15N5O3. The highest BCUT2D eigenvalue weighted by Gasteiger charge is 2.13. The van der Waals surface area contributed by atoms with E-state index in [2.05, 4.69) is 25.8 Å². The van der Waals surface area contributed by atoms with Crippen LogP contribution in [0.4, 0.5) is 17.1 Å². The molecule has 122 valence electrons. The van der Waals surface area contributed by atoms with E-state index in [1.165, 1.54) is 26.2 Å². The number of amides is 1. The van der Waals surface area contributed by atoms with E-state index in [0.29, 0.717) is 16.9 Å². The van der Waals surface area contributed by atoms with Gasteiger partial charge in [0.2, 0.25) is 0 Å². The zero-order valence-electron chi connectivity index (χ0n) is 13.1. The zero-order valence-corrected chi connectivity index (χ0v) is 13.1. The van der Waals surface area contributed by atoms with E-state index in [4.69, 9.17) is 0 Å². The second-order valence-corrected chi connectivity index (χ2v) is 4.64. The van der Waals surface area contributed by atoms with E-state index in [1.54, 1.807) is 30.3 Å². The highest BCUT2D eigenvalue weighted by Crippen LogP contribution is 2.24. The number of carboxylic acid groups (broad SMARTS) is 1. The third-order valence-electron chi connectivity index (χ3n) is 3.02. The summed E-state index contributed by atoms with van der Waals surface area (Å²) in [6.45, 7) is 0. The molecule has 0 saturated heterocycles. The normalized spacial score (nSPS) is 11.1. The monoisotopic (exact) mass is 325 g/mol. The predicted octanol–water partition coefficient (Wildman–Crippen LogP) is 4.06. The molecular weight excluding hydrogens is 310 g/mol. The topological polar surface area (TPSA) is 116 Å². The number of nitrogens with zero attached hydrogens (tertiary/aromatic N) is 4. The van der Waals surface area contributed by atoms with Crippen molar-refractivity contribution in [1.29, 1.82) is 0 Å². The molecule has 0 spiro atoms. The number of benzene rings is 2. The minimum atomic E-state index is -1.15. The first kappa shape index (κ1) is 16.9. The second-order valence-electron chi connectivity index (χ2n) is 4.64. The Kier molecular flexibility index (Phi) is 5.45. The van der Waals surface area contributed by atoms with Crippen LogP contribution in [0.15, 0.2) is 62.9 Å². The molecule has 0 radical (unpaired) electrons. The second kappa shape index (κ2) is 7.73. The van der Waals surface area contributed by atoms with Crippen LogP contribution < -0.4 is 5.32 Å². The van der Waals surface area contributed by atoms with Crippen molar-refractivity contribution in [1.82, 2.24) is 0 Å². The van der Waals surface area contributed by atoms with Gasteiger partial charge in [-0.1, -0.05) is 6.07 Å². The highest BCUT2D eigenvalue weighted by atomic mass is 16.4. The molecule has 0 aromatic heterocycles. The predicted molar refractivity (Wildman–Crippen MR) is 88.7 cm³/mol. The number of carbonyl (C=O) groups is 2. The van der Waals surface area contributed by atoms with E-state index < -0.39 is 5.97 Å². The van der Waals surface area contributed by atoms with Crippen LogP contribution in [0.2, 0.25) is 0 Å². The van der Waals surface area contributed by atoms with Crippen molar-refractivity contribution in [2.24, 2.45) is 20.5 Å². The van der Waals surface area contributed by atoms with Crippen molar-refractivity contribution >= 4 is 28.9 Å². The number of carboxylic acids is 1. The fourth-order valence-electron chi connectivity index (χ4n) is 2.01. The van der Waals surface area contributed by atoms with Gasteiger partial charge in [0.25, 0.3) is 5.91 Å². The molecule has 0 unspecified atom stereocenters. The number of anilines is 1. The first-order chi connectivity index (χ1) is 11.5. The van der Waals surface area contributed by atoms with Crippen LogP contribution in [0.1, 0.15) is 20.7 Å². The lowest BCUT2D eigenvalue weighted by molar-refractivity contribution is 0.0697. The summed E-state index contributed by atoms with van der Waals surface area (Å²) in [7, 11) is 2.98. The Morgan fingerprint density at radius 3 is 2.42 bits per heavy atom. The smallest absolute Gasteiger partial charge is 0.338 e. The zero-order chi connectivity index (χ0) is 17.5. The summed E-state index contributed by atoms with van der Waals surface area (Å²) in [6.07, 6.45) is 0. The number of rotatable bonds is 5. The minimum absolute atomic E-state index is 0.0491. The maximum absolute atomic E-state index is 12.3. The fraction of sp³-hybridized carbons (Fsp3) is 0.125. The number of aromatic carboxylic acids is 1. The van der Waals surface area contributed by atoms with Crippen LogP contribution in [0.25, 0.3) is 0 Å². The van der Waals surface area contributed by atoms with Crippen LogP contribution >= 0.6 is 0 Å². The molecule has 2 N–H and O–H groups in total. The van der Waals surface area contributed by atoms with Gasteiger partial charge < -0.3 is 10.4 Å². The molecule has 2 rings (SSSR count). The molecule has 0 fully saturated rings. The maximum Gasteiger partial charge on any atom is 0.338 e. The largest absolute Gasteiger partial charge is 0.478 e. The molecule has 0 aliphatic heterocycles. The van der Waals surface area contributed by atoms with Gasteiger partial charge >= 0.3 is 5.97 Å². The molecule has 2 aromatic rings. The molecule has 0 aliphatic carbocycles. The molecule has 0 aliphatic rings. The van der Waals surface area contributed by atoms with Crippen LogP contribution in [-0.2, 0) is 0 Å². The standard InChI is InChI=1S/C16H15N5O3/c1-17-20-12-5-3-4-10(8-12)15(22)19-11-6-7-14(21-18-2)13(9-11)16(23)24/h3-9H,1-2H3,(H,19,22)(H,23,24). The summed E-state index contributed by atoms with van der Waals surface area (Å²) in [5.41, 5.74) is 1.44. The summed E-state index contributed by atoms with van der Waals surface area (Å²) in [6, 6.07) is 11.0. The van der Waals surface area contributed by atoms with Gasteiger partial charge in [0.1, 0.15) is 0 Å². The number of azo groups is 2. The number of hydrogen-bond acceptors (Lipinski definition) is 6. The summed E-state index contributed by atoms with van der Waals surface area (Å²) in [4.78, 5) is 23.6. The van der Waals surface area contributed by atoms with Gasteiger partial charge in [-0.15, -0.1) is 0 Å². The Bertz CT molecular complexity index is 830. The molecule has 0 heterocycles. The highest BCUT2D eigenvalue weighted by molar-refractivity contribution is 6.05. The Morgan fingerprint density at radius 2 is 1.75 bits per heavy atom. The van der Waals surface area contributed by atoms with Crippen LogP contribution in [0, 0.1) is 0 Å². The summed E-state index contributed by atoms with van der Waals surface area (Å²) in [5.74, 6) is -1.54. The van der Waals surface area contributed by atoms with E-state index >= 15 is 0 Å². The van der Waals surface area contributed by atoms with Gasteiger partial charge in [-0.2, -0.15) is 20.5 Å². The van der Waals surface area contributed by atoms with Crippen molar-refractivity contribution in [3.8, 4) is 0 Å². The summed E-state index contributed by atoms with van der Waals surface area (Å²) >= 11 is 0. The first-order valence-corrected chi connectivity index (χ1v) is 6.93. The molecule has 24 heavy (non-hydrogen) atoms. The quantitative estimate of drug-likeness (QED) is 0.807. The molecule has 0 bridgehead atoms. The molecule has 0 saturated carbocycles. The van der Waals surface area contributed by atoms with Crippen molar-refractivity contribution < 1.29 is 14.7 Å². The number of nitrogens with one attached hydrogen (secondary N) is 1. The minimum Gasteiger partial charge on any atom is -0.478 e. The van der Waals surface area contributed by atoms with Gasteiger partial charge in [0.05, 0.1) is 16.9 Å². The van der Waals surface area contributed by atoms with Gasteiger partial charge in [-0.05, 0) is 36.4 Å². The molecule has 8 nitrogen and oxygen atoms in total. The number of carbonyl (C=O) groups excluding carboxylic acids is 1. The number of hydrogen-bond donors (Lipinski definition) is 2. The van der Waals surface area contributed by atoms with E-state index in [9.17, 15) is 14.7 Å². The molecule has 8 heteroatoms. The van der Waals surface area contributed by atoms with Gasteiger partial charge in [-0.25, -0.2) is 4.79 Å². The van der Waals surface area contributed by atoms with Gasteiger partial charge in [0.15, 0.2) is 0 Å². The Labute approximate surface area is 138 Å². The average molecular weight is 325 g/mol. The van der Waals surface area contributed by atoms with Crippen LogP contribution in [0.5, 0.6) is 0 Å². The first-order valence-electron chi connectivity index (χ1n) is 6.93. The molecule has 0 atom stereocenters. The molecule has 2 aromatic carbocycles. The average Bonchev–Trinajstić information content (AvgIpc) is 2.57. The lowest BCUT2D eigenvalue weighted by atomic mass is 10.1. The lowest BCUT2D eigenvalue weighted by Crippen LogP contribution is -2.12. The van der Waals surface area contributed by atoms with Crippen molar-refractivity contribution in [2.45, 2.75) is 0 Å². The fourth-order valence-corrected chi connectivity index (χ4v) is 2.01.